The molecule has 4 heterocycles. The summed E-state index contributed by atoms with van der Waals surface area (Å²) in [7, 11) is 0. The summed E-state index contributed by atoms with van der Waals surface area (Å²) in [5, 5.41) is 4.48. The van der Waals surface area contributed by atoms with Crippen LogP contribution in [0.5, 0.6) is 0 Å². The van der Waals surface area contributed by atoms with E-state index in [1.165, 1.54) is 0 Å². The average Bonchev–Trinajstić information content (AvgIpc) is 3.18. The molecule has 1 amide bonds. The topological polar surface area (TPSA) is 72.5 Å². The van der Waals surface area contributed by atoms with E-state index in [2.05, 4.69) is 10.1 Å². The van der Waals surface area contributed by atoms with Crippen LogP contribution in [0, 0.1) is 13.8 Å². The number of fused-ring (bicyclic) bond motifs is 2. The number of carbonyl (C=O) groups excluding carboxylic acids is 1. The number of nitrogens with zero attached hydrogens (tertiary/aromatic N) is 5. The molecule has 0 fully saturated rings. The van der Waals surface area contributed by atoms with Crippen LogP contribution in [0.15, 0.2) is 59.5 Å². The Hall–Kier alpha value is -3.74. The summed E-state index contributed by atoms with van der Waals surface area (Å²) in [6.45, 7) is 5.41. The Morgan fingerprint density at radius 2 is 1.87 bits per heavy atom. The summed E-state index contributed by atoms with van der Waals surface area (Å²) in [6.07, 6.45) is 2.55. The van der Waals surface area contributed by atoms with E-state index in [9.17, 15) is 9.59 Å². The van der Waals surface area contributed by atoms with Crippen molar-refractivity contribution in [3.05, 3.63) is 98.9 Å². The lowest BCUT2D eigenvalue weighted by atomic mass is 10.0. The highest BCUT2D eigenvalue weighted by atomic mass is 16.2. The van der Waals surface area contributed by atoms with Crippen LogP contribution < -0.4 is 5.56 Å². The van der Waals surface area contributed by atoms with E-state index in [0.29, 0.717) is 37.4 Å². The molecule has 0 atom stereocenters. The number of carbonyl (C=O) groups is 1. The number of rotatable bonds is 3. The summed E-state index contributed by atoms with van der Waals surface area (Å²) in [6, 6.07) is 15.3. The molecule has 0 bridgehead atoms. The summed E-state index contributed by atoms with van der Waals surface area (Å²) >= 11 is 0. The van der Waals surface area contributed by atoms with Crippen LogP contribution in [-0.2, 0) is 19.5 Å². The van der Waals surface area contributed by atoms with Crippen molar-refractivity contribution in [1.29, 1.82) is 0 Å². The van der Waals surface area contributed by atoms with Gasteiger partial charge in [0.2, 0.25) is 0 Å². The molecule has 3 aromatic heterocycles. The van der Waals surface area contributed by atoms with Gasteiger partial charge in [0, 0.05) is 42.8 Å². The third-order valence-electron chi connectivity index (χ3n) is 5.75. The van der Waals surface area contributed by atoms with E-state index in [-0.39, 0.29) is 11.5 Å². The third kappa shape index (κ3) is 3.63. The van der Waals surface area contributed by atoms with Gasteiger partial charge in [0.15, 0.2) is 11.3 Å². The van der Waals surface area contributed by atoms with Gasteiger partial charge in [0.05, 0.1) is 6.54 Å². The molecule has 5 rings (SSSR count). The Balaban J connectivity index is 1.42. The number of amides is 1. The standard InChI is InChI=1S/C24H23N5O2/c1-16-10-17(2)29-22(25-16)12-21(26-29)24(31)27-9-8-19-11-23(30)28(15-20(19)14-27)13-18-6-4-3-5-7-18/h3-7,10-12,15H,8-9,13-14H2,1-2H3. The lowest BCUT2D eigenvalue weighted by Crippen LogP contribution is -2.37. The molecule has 7 nitrogen and oxygen atoms in total. The smallest absolute Gasteiger partial charge is 0.274 e. The van der Waals surface area contributed by atoms with Gasteiger partial charge in [-0.1, -0.05) is 30.3 Å². The maximum absolute atomic E-state index is 13.2. The molecule has 0 saturated carbocycles. The zero-order valence-corrected chi connectivity index (χ0v) is 17.6. The normalized spacial score (nSPS) is 13.4. The van der Waals surface area contributed by atoms with Crippen molar-refractivity contribution in [3.63, 3.8) is 0 Å². The Bertz CT molecular complexity index is 1350. The Labute approximate surface area is 179 Å². The fraction of sp³-hybridized carbons (Fsp3) is 0.250. The summed E-state index contributed by atoms with van der Waals surface area (Å²) in [5.74, 6) is -0.117. The molecule has 4 aromatic rings. The van der Waals surface area contributed by atoms with Crippen LogP contribution in [0.25, 0.3) is 5.65 Å². The molecule has 0 radical (unpaired) electrons. The van der Waals surface area contributed by atoms with Crippen LogP contribution in [0.2, 0.25) is 0 Å². The molecule has 1 aliphatic rings. The second kappa shape index (κ2) is 7.50. The van der Waals surface area contributed by atoms with Crippen LogP contribution in [0.3, 0.4) is 0 Å². The first kappa shape index (κ1) is 19.2. The van der Waals surface area contributed by atoms with Gasteiger partial charge < -0.3 is 9.47 Å². The second-order valence-corrected chi connectivity index (χ2v) is 8.09. The van der Waals surface area contributed by atoms with Crippen molar-refractivity contribution >= 4 is 11.6 Å². The second-order valence-electron chi connectivity index (χ2n) is 8.09. The highest BCUT2D eigenvalue weighted by Gasteiger charge is 2.25. The summed E-state index contributed by atoms with van der Waals surface area (Å²) < 4.78 is 3.42. The minimum Gasteiger partial charge on any atom is -0.333 e. The molecule has 156 valence electrons. The minimum absolute atomic E-state index is 0.0142. The van der Waals surface area contributed by atoms with Crippen molar-refractivity contribution < 1.29 is 4.79 Å². The fourth-order valence-corrected chi connectivity index (χ4v) is 4.20. The highest BCUT2D eigenvalue weighted by molar-refractivity contribution is 5.93. The summed E-state index contributed by atoms with van der Waals surface area (Å²) in [5.41, 5.74) is 5.97. The number of hydrogen-bond donors (Lipinski definition) is 0. The molecule has 1 aromatic carbocycles. The molecule has 0 N–H and O–H groups in total. The first-order chi connectivity index (χ1) is 15.0. The highest BCUT2D eigenvalue weighted by Crippen LogP contribution is 2.20. The molecule has 1 aliphatic heterocycles. The van der Waals surface area contributed by atoms with Gasteiger partial charge in [-0.2, -0.15) is 5.10 Å². The number of pyridine rings is 1. The van der Waals surface area contributed by atoms with Crippen molar-refractivity contribution in [2.75, 3.05) is 6.54 Å². The monoisotopic (exact) mass is 413 g/mol. The molecule has 31 heavy (non-hydrogen) atoms. The van der Waals surface area contributed by atoms with Crippen molar-refractivity contribution in [1.82, 2.24) is 24.1 Å². The lowest BCUT2D eigenvalue weighted by molar-refractivity contribution is 0.0728. The molecule has 0 unspecified atom stereocenters. The Morgan fingerprint density at radius 3 is 2.68 bits per heavy atom. The van der Waals surface area contributed by atoms with E-state index >= 15 is 0 Å². The van der Waals surface area contributed by atoms with Gasteiger partial charge >= 0.3 is 0 Å². The maximum Gasteiger partial charge on any atom is 0.274 e. The SMILES string of the molecule is Cc1cc(C)n2nc(C(=O)N3CCc4cc(=O)n(Cc5ccccc5)cc4C3)cc2n1. The van der Waals surface area contributed by atoms with Crippen molar-refractivity contribution in [2.24, 2.45) is 0 Å². The number of aryl methyl sites for hydroxylation is 2. The number of hydrogen-bond acceptors (Lipinski definition) is 4. The minimum atomic E-state index is -0.117. The predicted molar refractivity (Wildman–Crippen MR) is 117 cm³/mol. The van der Waals surface area contributed by atoms with Gasteiger partial charge in [0.1, 0.15) is 0 Å². The molecule has 0 saturated heterocycles. The van der Waals surface area contributed by atoms with Gasteiger partial charge in [-0.3, -0.25) is 9.59 Å². The van der Waals surface area contributed by atoms with Crippen LogP contribution in [0.4, 0.5) is 0 Å². The zero-order valence-electron chi connectivity index (χ0n) is 17.6. The van der Waals surface area contributed by atoms with Gasteiger partial charge in [-0.15, -0.1) is 0 Å². The molecule has 0 aliphatic carbocycles. The molecule has 0 spiro atoms. The molecular formula is C24H23N5O2. The number of aromatic nitrogens is 4. The van der Waals surface area contributed by atoms with E-state index in [1.54, 1.807) is 26.1 Å². The van der Waals surface area contributed by atoms with Gasteiger partial charge in [0.25, 0.3) is 11.5 Å². The molecular weight excluding hydrogens is 390 g/mol. The van der Waals surface area contributed by atoms with E-state index in [1.807, 2.05) is 56.4 Å². The van der Waals surface area contributed by atoms with Crippen LogP contribution in [0.1, 0.15) is 38.6 Å². The van der Waals surface area contributed by atoms with E-state index in [4.69, 9.17) is 0 Å². The Kier molecular flexibility index (Phi) is 4.66. The molecule has 7 heteroatoms. The summed E-state index contributed by atoms with van der Waals surface area (Å²) in [4.78, 5) is 32.0. The average molecular weight is 413 g/mol. The predicted octanol–water partition coefficient (Wildman–Crippen LogP) is 2.75. The van der Waals surface area contributed by atoms with E-state index in [0.717, 1.165) is 28.1 Å². The largest absolute Gasteiger partial charge is 0.333 e. The van der Waals surface area contributed by atoms with Crippen molar-refractivity contribution in [2.45, 2.75) is 33.4 Å². The fourth-order valence-electron chi connectivity index (χ4n) is 4.20. The van der Waals surface area contributed by atoms with Crippen molar-refractivity contribution in [3.8, 4) is 0 Å². The Morgan fingerprint density at radius 1 is 1.06 bits per heavy atom. The van der Waals surface area contributed by atoms with Crippen LogP contribution in [-0.4, -0.2) is 36.5 Å². The number of benzene rings is 1. The van der Waals surface area contributed by atoms with Gasteiger partial charge in [-0.05, 0) is 43.0 Å². The first-order valence-corrected chi connectivity index (χ1v) is 10.4. The maximum atomic E-state index is 13.2. The quantitative estimate of drug-likeness (QED) is 0.518. The van der Waals surface area contributed by atoms with Gasteiger partial charge in [-0.25, -0.2) is 9.50 Å². The van der Waals surface area contributed by atoms with Crippen LogP contribution >= 0.6 is 0 Å². The lowest BCUT2D eigenvalue weighted by Gasteiger charge is -2.28. The first-order valence-electron chi connectivity index (χ1n) is 10.4. The third-order valence-corrected chi connectivity index (χ3v) is 5.75. The van der Waals surface area contributed by atoms with E-state index < -0.39 is 0 Å². The zero-order chi connectivity index (χ0) is 21.5.